The van der Waals surface area contributed by atoms with Gasteiger partial charge in [0.05, 0.1) is 17.6 Å². The molecule has 0 aromatic heterocycles. The minimum atomic E-state index is -0.622. The molecular formula is C36H53NO4. The molecule has 4 fully saturated rings. The van der Waals surface area contributed by atoms with Crippen molar-refractivity contribution < 1.29 is 19.1 Å². The third kappa shape index (κ3) is 4.16. The first-order chi connectivity index (χ1) is 18.7. The molecule has 0 aliphatic heterocycles. The van der Waals surface area contributed by atoms with E-state index in [1.165, 1.54) is 0 Å². The highest BCUT2D eigenvalue weighted by atomic mass is 16.5. The summed E-state index contributed by atoms with van der Waals surface area (Å²) >= 11 is 0. The van der Waals surface area contributed by atoms with Crippen LogP contribution in [0.1, 0.15) is 121 Å². The van der Waals surface area contributed by atoms with E-state index in [1.807, 2.05) is 40.7 Å². The second-order valence-corrected chi connectivity index (χ2v) is 17.9. The summed E-state index contributed by atoms with van der Waals surface area (Å²) in [5, 5.41) is 9.95. The van der Waals surface area contributed by atoms with Gasteiger partial charge in [0, 0.05) is 23.2 Å². The topological polar surface area (TPSA) is 84.2 Å². The van der Waals surface area contributed by atoms with Gasteiger partial charge in [-0.05, 0) is 105 Å². The Kier molecular flexibility index (Phi) is 6.71. The first kappa shape index (κ1) is 30.5. The van der Waals surface area contributed by atoms with Crippen molar-refractivity contribution in [3.8, 4) is 6.07 Å². The predicted molar refractivity (Wildman–Crippen MR) is 159 cm³/mol. The summed E-state index contributed by atoms with van der Waals surface area (Å²) in [7, 11) is 0. The van der Waals surface area contributed by atoms with Crippen molar-refractivity contribution in [2.24, 2.45) is 61.6 Å². The van der Waals surface area contributed by atoms with Crippen LogP contribution in [0.4, 0.5) is 0 Å². The zero-order chi connectivity index (χ0) is 30.6. The fraction of sp³-hybridized carbons (Fsp3) is 0.833. The minimum Gasteiger partial charge on any atom is -0.465 e. The lowest BCUT2D eigenvalue weighted by Crippen LogP contribution is -2.69. The highest BCUT2D eigenvalue weighted by Gasteiger charge is 2.72. The van der Waals surface area contributed by atoms with Gasteiger partial charge >= 0.3 is 5.97 Å². The summed E-state index contributed by atoms with van der Waals surface area (Å²) in [6.07, 6.45) is 9.36. The molecule has 5 rings (SSSR count). The molecule has 5 heteroatoms. The largest absolute Gasteiger partial charge is 0.465 e. The fourth-order valence-corrected chi connectivity index (χ4v) is 11.1. The number of carbonyl (C=O) groups excluding carboxylic acids is 3. The van der Waals surface area contributed by atoms with Gasteiger partial charge in [-0.15, -0.1) is 0 Å². The molecule has 2 unspecified atom stereocenters. The number of nitriles is 1. The Hall–Kier alpha value is -1.96. The van der Waals surface area contributed by atoms with Gasteiger partial charge in [-0.3, -0.25) is 14.4 Å². The molecule has 0 saturated heterocycles. The van der Waals surface area contributed by atoms with Crippen molar-refractivity contribution in [3.63, 3.8) is 0 Å². The van der Waals surface area contributed by atoms with E-state index in [0.29, 0.717) is 18.8 Å². The summed E-state index contributed by atoms with van der Waals surface area (Å²) in [4.78, 5) is 40.9. The molecule has 0 N–H and O–H groups in total. The second kappa shape index (κ2) is 9.03. The van der Waals surface area contributed by atoms with E-state index >= 15 is 0 Å². The van der Waals surface area contributed by atoms with E-state index in [4.69, 9.17) is 4.74 Å². The van der Waals surface area contributed by atoms with Crippen molar-refractivity contribution in [2.75, 3.05) is 6.61 Å². The maximum Gasteiger partial charge on any atom is 0.311 e. The van der Waals surface area contributed by atoms with Crippen LogP contribution in [0.25, 0.3) is 0 Å². The van der Waals surface area contributed by atoms with Crippen LogP contribution in [-0.4, -0.2) is 24.1 Å². The van der Waals surface area contributed by atoms with Gasteiger partial charge in [0.2, 0.25) is 0 Å². The zero-order valence-electron chi connectivity index (χ0n) is 27.3. The Morgan fingerprint density at radius 2 is 1.59 bits per heavy atom. The predicted octanol–water partition coefficient (Wildman–Crippen LogP) is 7.88. The molecule has 5 aliphatic rings. The molecule has 0 amide bonds. The number of hydrogen-bond donors (Lipinski definition) is 0. The third-order valence-electron chi connectivity index (χ3n) is 13.7. The molecule has 4 saturated carbocycles. The molecule has 5 nitrogen and oxygen atoms in total. The lowest BCUT2D eigenvalue weighted by molar-refractivity contribution is -0.228. The quantitative estimate of drug-likeness (QED) is 0.319. The van der Waals surface area contributed by atoms with Gasteiger partial charge < -0.3 is 4.74 Å². The third-order valence-corrected chi connectivity index (χ3v) is 13.7. The Labute approximate surface area is 248 Å². The number of allylic oxidation sites excluding steroid dienone is 2. The highest BCUT2D eigenvalue weighted by molar-refractivity contribution is 6.04. The van der Waals surface area contributed by atoms with Crippen LogP contribution in [-0.2, 0) is 19.1 Å². The van der Waals surface area contributed by atoms with E-state index in [-0.39, 0.29) is 68.1 Å². The van der Waals surface area contributed by atoms with E-state index in [9.17, 15) is 19.6 Å². The number of nitrogens with zero attached hydrogens (tertiary/aromatic N) is 1. The highest BCUT2D eigenvalue weighted by Crippen LogP contribution is 2.75. The number of carbonyl (C=O) groups is 3. The maximum atomic E-state index is 14.7. The summed E-state index contributed by atoms with van der Waals surface area (Å²) in [6.45, 7) is 21.9. The monoisotopic (exact) mass is 563 g/mol. The van der Waals surface area contributed by atoms with Crippen molar-refractivity contribution in [2.45, 2.75) is 121 Å². The van der Waals surface area contributed by atoms with E-state index in [0.717, 1.165) is 44.9 Å². The smallest absolute Gasteiger partial charge is 0.311 e. The van der Waals surface area contributed by atoms with Crippen LogP contribution in [0.2, 0.25) is 0 Å². The molecule has 8 atom stereocenters. The molecule has 0 aromatic carbocycles. The van der Waals surface area contributed by atoms with Crippen molar-refractivity contribution in [3.05, 3.63) is 11.6 Å². The lowest BCUT2D eigenvalue weighted by atomic mass is 9.31. The zero-order valence-corrected chi connectivity index (χ0v) is 27.3. The minimum absolute atomic E-state index is 0.0472. The standard InChI is InChI=1S/C36H53NO4/c1-30(2,3)29(40)41-21-36-15-13-31(4,5)19-23(36)27-24(38)17-26-33(8)18-22(20-37)28(39)32(6,7)25(33)11-12-34(26,9)35(27,10)14-16-36/h18,23,25-27H,11-17,19,21H2,1-10H3/t23?,25-,26+,27?,33-,34+,35+,36+/m0/s1. The summed E-state index contributed by atoms with van der Waals surface area (Å²) < 4.78 is 6.08. The van der Waals surface area contributed by atoms with E-state index in [1.54, 1.807) is 0 Å². The molecule has 0 radical (unpaired) electrons. The van der Waals surface area contributed by atoms with E-state index in [2.05, 4.69) is 40.7 Å². The fourth-order valence-electron chi connectivity index (χ4n) is 11.1. The molecular weight excluding hydrogens is 510 g/mol. The Balaban J connectivity index is 1.57. The number of ketones is 2. The number of Topliss-reactive ketones (excluding diaryl/α,β-unsaturated/α-hetero) is 2. The van der Waals surface area contributed by atoms with Gasteiger partial charge in [0.15, 0.2) is 5.78 Å². The molecule has 41 heavy (non-hydrogen) atoms. The van der Waals surface area contributed by atoms with Gasteiger partial charge in [0.1, 0.15) is 11.9 Å². The summed E-state index contributed by atoms with van der Waals surface area (Å²) in [5.41, 5.74) is -1.60. The molecule has 5 aliphatic carbocycles. The number of fused-ring (bicyclic) bond motifs is 7. The van der Waals surface area contributed by atoms with Crippen molar-refractivity contribution in [1.29, 1.82) is 5.26 Å². The molecule has 0 aromatic rings. The second-order valence-electron chi connectivity index (χ2n) is 17.9. The average Bonchev–Trinajstić information content (AvgIpc) is 2.86. The van der Waals surface area contributed by atoms with Crippen LogP contribution >= 0.6 is 0 Å². The number of esters is 1. The van der Waals surface area contributed by atoms with Crippen LogP contribution in [0.15, 0.2) is 11.6 Å². The Morgan fingerprint density at radius 1 is 0.951 bits per heavy atom. The van der Waals surface area contributed by atoms with Gasteiger partial charge in [0.25, 0.3) is 0 Å². The summed E-state index contributed by atoms with van der Waals surface area (Å²) in [5.74, 6) is 0.458. The SMILES string of the molecule is CC1(C)CC[C@]2(COC(=O)C(C)(C)C)CC[C@]3(C)C(C(=O)C[C@@H]4[C@@]5(C)C=C(C#N)C(=O)C(C)(C)[C@@H]5CC[C@]43C)C2C1. The van der Waals surface area contributed by atoms with Crippen LogP contribution in [0.5, 0.6) is 0 Å². The number of rotatable bonds is 2. The number of hydrogen-bond acceptors (Lipinski definition) is 5. The van der Waals surface area contributed by atoms with Crippen molar-refractivity contribution >= 4 is 17.5 Å². The first-order valence-corrected chi connectivity index (χ1v) is 16.1. The molecule has 0 spiro atoms. The van der Waals surface area contributed by atoms with Gasteiger partial charge in [-0.1, -0.05) is 54.5 Å². The molecule has 0 heterocycles. The Morgan fingerprint density at radius 3 is 2.20 bits per heavy atom. The van der Waals surface area contributed by atoms with Crippen LogP contribution in [0, 0.1) is 72.9 Å². The first-order valence-electron chi connectivity index (χ1n) is 16.1. The Bertz CT molecular complexity index is 1240. The molecule has 226 valence electrons. The van der Waals surface area contributed by atoms with Crippen LogP contribution in [0.3, 0.4) is 0 Å². The lowest BCUT2D eigenvalue weighted by Gasteiger charge is -2.72. The van der Waals surface area contributed by atoms with Crippen LogP contribution < -0.4 is 0 Å². The van der Waals surface area contributed by atoms with Gasteiger partial charge in [-0.25, -0.2) is 0 Å². The normalized spacial score (nSPS) is 44.8. The van der Waals surface area contributed by atoms with Gasteiger partial charge in [-0.2, -0.15) is 5.26 Å². The maximum absolute atomic E-state index is 14.7. The average molecular weight is 564 g/mol. The van der Waals surface area contributed by atoms with E-state index < -0.39 is 10.8 Å². The number of ether oxygens (including phenoxy) is 1. The summed E-state index contributed by atoms with van der Waals surface area (Å²) in [6, 6.07) is 2.22. The van der Waals surface area contributed by atoms with Crippen molar-refractivity contribution in [1.82, 2.24) is 0 Å². The molecule has 0 bridgehead atoms.